The number of hydrogen-bond acceptors (Lipinski definition) is 7. The number of thioether (sulfide) groups is 1. The first kappa shape index (κ1) is 25.9. The van der Waals surface area contributed by atoms with Crippen LogP contribution >= 0.6 is 11.8 Å². The molecule has 0 fully saturated rings. The van der Waals surface area contributed by atoms with E-state index in [0.717, 1.165) is 42.6 Å². The number of fused-ring (bicyclic) bond motifs is 3. The number of unbranched alkanes of at least 4 members (excludes halogenated alkanes) is 4. The predicted molar refractivity (Wildman–Crippen MR) is 144 cm³/mol. The zero-order valence-corrected chi connectivity index (χ0v) is 22.1. The van der Waals surface area contributed by atoms with E-state index < -0.39 is 6.23 Å². The van der Waals surface area contributed by atoms with Gasteiger partial charge in [-0.15, -0.1) is 10.2 Å². The number of aromatic nitrogens is 3. The molecule has 1 amide bonds. The highest BCUT2D eigenvalue weighted by molar-refractivity contribution is 7.99. The van der Waals surface area contributed by atoms with Gasteiger partial charge in [-0.05, 0) is 31.0 Å². The van der Waals surface area contributed by atoms with Gasteiger partial charge in [-0.3, -0.25) is 9.69 Å². The van der Waals surface area contributed by atoms with Crippen molar-refractivity contribution >= 4 is 23.4 Å². The Balaban J connectivity index is 1.75. The van der Waals surface area contributed by atoms with Crippen molar-refractivity contribution in [1.82, 2.24) is 15.2 Å². The molecule has 0 saturated heterocycles. The molecule has 0 aliphatic carbocycles. The van der Waals surface area contributed by atoms with Crippen LogP contribution in [0.1, 0.15) is 71.1 Å². The first-order valence-electron chi connectivity index (χ1n) is 12.8. The average molecular weight is 507 g/mol. The average Bonchev–Trinajstić information content (AvgIpc) is 3.03. The largest absolute Gasteiger partial charge is 0.493 e. The van der Waals surface area contributed by atoms with Gasteiger partial charge in [0.2, 0.25) is 23.2 Å². The Morgan fingerprint density at radius 3 is 2.58 bits per heavy atom. The Kier molecular flexibility index (Phi) is 9.17. The van der Waals surface area contributed by atoms with Crippen LogP contribution in [0, 0.1) is 0 Å². The van der Waals surface area contributed by atoms with Crippen molar-refractivity contribution in [2.45, 2.75) is 70.7 Å². The number of rotatable bonds is 11. The third-order valence-corrected chi connectivity index (χ3v) is 6.94. The minimum Gasteiger partial charge on any atom is -0.493 e. The number of amides is 1. The van der Waals surface area contributed by atoms with Crippen LogP contribution in [-0.2, 0) is 4.79 Å². The summed E-state index contributed by atoms with van der Waals surface area (Å²) in [4.78, 5) is 19.5. The van der Waals surface area contributed by atoms with Crippen LogP contribution in [0.3, 0.4) is 0 Å². The van der Waals surface area contributed by atoms with Crippen molar-refractivity contribution in [3.05, 3.63) is 54.1 Å². The fraction of sp³-hybridized carbons (Fsp3) is 0.429. The maximum Gasteiger partial charge on any atom is 0.247 e. The van der Waals surface area contributed by atoms with Gasteiger partial charge in [-0.2, -0.15) is 4.98 Å². The Bertz CT molecular complexity index is 1170. The second kappa shape index (κ2) is 12.7. The van der Waals surface area contributed by atoms with Crippen LogP contribution < -0.4 is 14.4 Å². The molecule has 8 heteroatoms. The molecule has 1 aromatic heterocycles. The highest BCUT2D eigenvalue weighted by atomic mass is 32.2. The summed E-state index contributed by atoms with van der Waals surface area (Å²) in [5, 5.41) is 9.41. The quantitative estimate of drug-likeness (QED) is 0.208. The monoisotopic (exact) mass is 506 g/mol. The summed E-state index contributed by atoms with van der Waals surface area (Å²) in [6, 6.07) is 15.4. The van der Waals surface area contributed by atoms with Crippen molar-refractivity contribution in [1.29, 1.82) is 0 Å². The second-order valence-corrected chi connectivity index (χ2v) is 9.84. The third-order valence-electron chi connectivity index (χ3n) is 6.02. The lowest BCUT2D eigenvalue weighted by Crippen LogP contribution is -2.36. The van der Waals surface area contributed by atoms with E-state index in [9.17, 15) is 4.79 Å². The van der Waals surface area contributed by atoms with Crippen molar-refractivity contribution < 1.29 is 14.3 Å². The van der Waals surface area contributed by atoms with E-state index in [4.69, 9.17) is 14.5 Å². The Hall–Kier alpha value is -3.13. The highest BCUT2D eigenvalue weighted by Crippen LogP contribution is 2.44. The van der Waals surface area contributed by atoms with E-state index in [0.29, 0.717) is 34.8 Å². The van der Waals surface area contributed by atoms with E-state index >= 15 is 0 Å². The zero-order valence-electron chi connectivity index (χ0n) is 21.3. The van der Waals surface area contributed by atoms with Crippen molar-refractivity contribution in [2.24, 2.45) is 0 Å². The van der Waals surface area contributed by atoms with Gasteiger partial charge in [-0.25, -0.2) is 0 Å². The van der Waals surface area contributed by atoms with Gasteiger partial charge >= 0.3 is 0 Å². The SMILES string of the molecule is CCCCCCOc1ccccc1C1Oc2nc(SCCCC)nnc2-c2ccccc2N1C(C)=O. The fourth-order valence-electron chi connectivity index (χ4n) is 4.15. The molecule has 0 spiro atoms. The molecule has 36 heavy (non-hydrogen) atoms. The second-order valence-electron chi connectivity index (χ2n) is 8.77. The van der Waals surface area contributed by atoms with E-state index in [1.165, 1.54) is 12.8 Å². The Morgan fingerprint density at radius 1 is 1.00 bits per heavy atom. The lowest BCUT2D eigenvalue weighted by Gasteiger charge is -2.30. The molecule has 1 unspecified atom stereocenters. The molecule has 0 radical (unpaired) electrons. The fourth-order valence-corrected chi connectivity index (χ4v) is 5.01. The molecule has 4 rings (SSSR count). The van der Waals surface area contributed by atoms with Crippen LogP contribution in [0.25, 0.3) is 11.3 Å². The molecule has 3 aromatic rings. The van der Waals surface area contributed by atoms with E-state index in [1.807, 2.05) is 48.5 Å². The molecule has 0 bridgehead atoms. The van der Waals surface area contributed by atoms with E-state index in [-0.39, 0.29) is 5.91 Å². The van der Waals surface area contributed by atoms with Crippen molar-refractivity contribution in [3.63, 3.8) is 0 Å². The van der Waals surface area contributed by atoms with Crippen LogP contribution in [0.4, 0.5) is 5.69 Å². The molecule has 1 aliphatic rings. The molecule has 2 heterocycles. The standard InChI is InChI=1S/C28H34N4O3S/c1-4-6-8-13-18-34-24-17-12-10-15-22(24)27-32(20(3)33)23-16-11-9-14-21(23)25-26(35-27)29-28(31-30-25)36-19-7-5-2/h9-12,14-17,27H,4-8,13,18-19H2,1-3H3. The molecule has 1 atom stereocenters. The number of nitrogens with zero attached hydrogens (tertiary/aromatic N) is 4. The maximum atomic E-state index is 13.1. The van der Waals surface area contributed by atoms with Gasteiger partial charge in [0.25, 0.3) is 0 Å². The summed E-state index contributed by atoms with van der Waals surface area (Å²) in [7, 11) is 0. The lowest BCUT2D eigenvalue weighted by atomic mass is 10.1. The van der Waals surface area contributed by atoms with Gasteiger partial charge < -0.3 is 9.47 Å². The first-order chi connectivity index (χ1) is 17.6. The Labute approximate surface area is 217 Å². The van der Waals surface area contributed by atoms with Crippen molar-refractivity contribution in [2.75, 3.05) is 17.3 Å². The molecule has 2 aromatic carbocycles. The summed E-state index contributed by atoms with van der Waals surface area (Å²) in [6.07, 6.45) is 5.87. The van der Waals surface area contributed by atoms with Gasteiger partial charge in [0, 0.05) is 18.2 Å². The van der Waals surface area contributed by atoms with Crippen LogP contribution in [0.2, 0.25) is 0 Å². The number of ether oxygens (including phenoxy) is 2. The first-order valence-corrected chi connectivity index (χ1v) is 13.8. The normalized spacial score (nSPS) is 14.4. The summed E-state index contributed by atoms with van der Waals surface area (Å²) in [5.74, 6) is 1.82. The summed E-state index contributed by atoms with van der Waals surface area (Å²) < 4.78 is 12.7. The molecule has 190 valence electrons. The molecule has 0 N–H and O–H groups in total. The van der Waals surface area contributed by atoms with Gasteiger partial charge in [0.15, 0.2) is 5.69 Å². The molecular formula is C28H34N4O3S. The van der Waals surface area contributed by atoms with E-state index in [2.05, 4.69) is 24.0 Å². The number of benzene rings is 2. The molecule has 0 saturated carbocycles. The maximum absolute atomic E-state index is 13.1. The van der Waals surface area contributed by atoms with Crippen LogP contribution in [-0.4, -0.2) is 33.4 Å². The molecule has 1 aliphatic heterocycles. The number of hydrogen-bond donors (Lipinski definition) is 0. The summed E-state index contributed by atoms with van der Waals surface area (Å²) in [5.41, 5.74) is 2.75. The number of carbonyl (C=O) groups excluding carboxylic acids is 1. The van der Waals surface area contributed by atoms with Gasteiger partial charge in [0.05, 0.1) is 17.9 Å². The smallest absolute Gasteiger partial charge is 0.247 e. The number of para-hydroxylation sites is 2. The van der Waals surface area contributed by atoms with Gasteiger partial charge in [-0.1, -0.05) is 81.6 Å². The molecule has 7 nitrogen and oxygen atoms in total. The van der Waals surface area contributed by atoms with Gasteiger partial charge in [0.1, 0.15) is 5.75 Å². The topological polar surface area (TPSA) is 77.4 Å². The molecular weight excluding hydrogens is 472 g/mol. The summed E-state index contributed by atoms with van der Waals surface area (Å²) >= 11 is 1.56. The number of anilines is 1. The van der Waals surface area contributed by atoms with Crippen LogP contribution in [0.5, 0.6) is 11.6 Å². The van der Waals surface area contributed by atoms with Crippen LogP contribution in [0.15, 0.2) is 53.7 Å². The lowest BCUT2D eigenvalue weighted by molar-refractivity contribution is -0.118. The highest BCUT2D eigenvalue weighted by Gasteiger charge is 2.36. The minimum atomic E-state index is -0.762. The summed E-state index contributed by atoms with van der Waals surface area (Å²) in [6.45, 7) is 6.50. The number of carbonyl (C=O) groups is 1. The minimum absolute atomic E-state index is 0.150. The third kappa shape index (κ3) is 5.98. The van der Waals surface area contributed by atoms with Crippen molar-refractivity contribution in [3.8, 4) is 22.9 Å². The van der Waals surface area contributed by atoms with E-state index in [1.54, 1.807) is 23.6 Å². The Morgan fingerprint density at radius 2 is 1.78 bits per heavy atom. The predicted octanol–water partition coefficient (Wildman–Crippen LogP) is 6.83. The zero-order chi connectivity index (χ0) is 25.3.